The van der Waals surface area contributed by atoms with Crippen LogP contribution in [0, 0.1) is 0 Å². The van der Waals surface area contributed by atoms with E-state index in [1.54, 1.807) is 28.6 Å². The minimum absolute atomic E-state index is 0.119. The number of H-pyrrole nitrogens is 2. The zero-order valence-corrected chi connectivity index (χ0v) is 35.9. The molecule has 10 nitrogen and oxygen atoms in total. The second-order valence-corrected chi connectivity index (χ2v) is 19.7. The van der Waals surface area contributed by atoms with Crippen molar-refractivity contribution in [2.45, 2.75) is 47.3 Å². The molecule has 0 saturated carbocycles. The average Bonchev–Trinajstić information content (AvgIpc) is 3.96. The highest BCUT2D eigenvalue weighted by molar-refractivity contribution is 8.13. The normalized spacial score (nSPS) is 15.4. The third-order valence-electron chi connectivity index (χ3n) is 11.2. The van der Waals surface area contributed by atoms with Crippen molar-refractivity contribution in [2.75, 3.05) is 26.2 Å². The molecular weight excluding hydrogens is 824 g/mol. The number of imidazole rings is 2. The smallest absolute Gasteiger partial charge is 0.261 e. The molecule has 4 heterocycles. The lowest BCUT2D eigenvalue weighted by atomic mass is 9.97. The molecule has 0 bridgehead atoms. The van der Waals surface area contributed by atoms with Gasteiger partial charge in [-0.25, -0.2) is 26.8 Å². The molecule has 2 aliphatic heterocycles. The van der Waals surface area contributed by atoms with Crippen LogP contribution in [0.4, 0.5) is 0 Å². The molecule has 0 unspecified atom stereocenters. The average molecular weight is 872 g/mol. The van der Waals surface area contributed by atoms with Gasteiger partial charge in [-0.2, -0.15) is 4.31 Å². The minimum atomic E-state index is -3.63. The zero-order valence-electron chi connectivity index (χ0n) is 33.5. The zero-order chi connectivity index (χ0) is 42.2. The van der Waals surface area contributed by atoms with Crippen molar-refractivity contribution in [1.82, 2.24) is 29.6 Å². The summed E-state index contributed by atoms with van der Waals surface area (Å²) in [5.74, 6) is 2.99. The summed E-state index contributed by atoms with van der Waals surface area (Å²) in [4.78, 5) is 16.6. The summed E-state index contributed by atoms with van der Waals surface area (Å²) in [6.45, 7) is 3.23. The van der Waals surface area contributed by atoms with Gasteiger partial charge < -0.3 is 15.3 Å². The van der Waals surface area contributed by atoms with Crippen LogP contribution in [0.3, 0.4) is 0 Å². The van der Waals surface area contributed by atoms with Crippen LogP contribution in [0.25, 0.3) is 44.3 Å². The van der Waals surface area contributed by atoms with E-state index in [1.807, 2.05) is 109 Å². The Morgan fingerprint density at radius 3 is 1.31 bits per heavy atom. The summed E-state index contributed by atoms with van der Waals surface area (Å²) in [6, 6.07) is 49.6. The van der Waals surface area contributed by atoms with Gasteiger partial charge in [-0.05, 0) is 110 Å². The largest absolute Gasteiger partial charge is 0.342 e. The molecule has 13 heteroatoms. The van der Waals surface area contributed by atoms with Gasteiger partial charge in [-0.1, -0.05) is 109 Å². The van der Waals surface area contributed by atoms with Crippen LogP contribution in [-0.2, 0) is 19.1 Å². The minimum Gasteiger partial charge on any atom is -0.342 e. The molecular formula is C48H47ClN6O4S2. The van der Waals surface area contributed by atoms with Crippen LogP contribution in [0.15, 0.2) is 168 Å². The lowest BCUT2D eigenvalue weighted by molar-refractivity contribution is 0.314. The van der Waals surface area contributed by atoms with Crippen molar-refractivity contribution >= 4 is 51.8 Å². The van der Waals surface area contributed by atoms with Gasteiger partial charge in [0.15, 0.2) is 0 Å². The SMILES string of the molecule is O=S(=O)(Cl)c1ccc(-c2ccccc2)cc1.O=S(=O)(c1ccc(-c2ccccc2)cc1)N1CCC(c2nc3ccccc3[nH]2)CC1.c1ccc2[nH]c(C3CCNCC3)nc2c1. The third kappa shape index (κ3) is 10.3. The van der Waals surface area contributed by atoms with E-state index in [0.717, 1.165) is 81.9 Å². The number of hydrogen-bond acceptors (Lipinski definition) is 7. The molecule has 6 aromatic carbocycles. The monoisotopic (exact) mass is 870 g/mol. The predicted molar refractivity (Wildman–Crippen MR) is 245 cm³/mol. The Balaban J connectivity index is 0.000000139. The molecule has 0 radical (unpaired) electrons. The van der Waals surface area contributed by atoms with E-state index in [1.165, 1.54) is 25.0 Å². The van der Waals surface area contributed by atoms with E-state index in [2.05, 4.69) is 32.4 Å². The van der Waals surface area contributed by atoms with Crippen LogP contribution >= 0.6 is 10.7 Å². The number of halogens is 1. The lowest BCUT2D eigenvalue weighted by Gasteiger charge is -2.30. The fraction of sp³-hybridized carbons (Fsp3) is 0.208. The second-order valence-electron chi connectivity index (χ2n) is 15.2. The molecule has 10 rings (SSSR count). The maximum absolute atomic E-state index is 13.1. The Morgan fingerprint density at radius 1 is 0.475 bits per heavy atom. The molecule has 2 aliphatic rings. The van der Waals surface area contributed by atoms with Crippen LogP contribution in [0.5, 0.6) is 0 Å². The maximum Gasteiger partial charge on any atom is 0.261 e. The Labute approximate surface area is 361 Å². The number of benzene rings is 6. The Bertz CT molecular complexity index is 2830. The van der Waals surface area contributed by atoms with E-state index in [4.69, 9.17) is 15.7 Å². The number of aromatic nitrogens is 4. The Kier molecular flexibility index (Phi) is 13.1. The van der Waals surface area contributed by atoms with Crippen LogP contribution in [0.1, 0.15) is 49.2 Å². The summed E-state index contributed by atoms with van der Waals surface area (Å²) >= 11 is 0. The number of rotatable bonds is 7. The molecule has 312 valence electrons. The Hall–Kier alpha value is -5.63. The number of piperidine rings is 2. The molecule has 0 aliphatic carbocycles. The molecule has 8 aromatic rings. The van der Waals surface area contributed by atoms with Crippen molar-refractivity contribution in [3.63, 3.8) is 0 Å². The number of nitrogens with one attached hydrogen (secondary N) is 3. The van der Waals surface area contributed by atoms with Crippen molar-refractivity contribution in [1.29, 1.82) is 0 Å². The third-order valence-corrected chi connectivity index (χ3v) is 14.5. The highest BCUT2D eigenvalue weighted by Crippen LogP contribution is 2.31. The first-order chi connectivity index (χ1) is 29.6. The van der Waals surface area contributed by atoms with Crippen molar-refractivity contribution < 1.29 is 16.8 Å². The molecule has 3 N–H and O–H groups in total. The Morgan fingerprint density at radius 2 is 0.869 bits per heavy atom. The van der Waals surface area contributed by atoms with E-state index >= 15 is 0 Å². The van der Waals surface area contributed by atoms with Crippen molar-refractivity contribution in [2.24, 2.45) is 0 Å². The first-order valence-corrected chi connectivity index (χ1v) is 24.2. The summed E-state index contributed by atoms with van der Waals surface area (Å²) in [6.07, 6.45) is 3.92. The first-order valence-electron chi connectivity index (χ1n) is 20.5. The van der Waals surface area contributed by atoms with Gasteiger partial charge in [-0.15, -0.1) is 0 Å². The molecule has 2 aromatic heterocycles. The fourth-order valence-electron chi connectivity index (χ4n) is 7.84. The lowest BCUT2D eigenvalue weighted by Crippen LogP contribution is -2.38. The van der Waals surface area contributed by atoms with E-state index in [-0.39, 0.29) is 10.8 Å². The van der Waals surface area contributed by atoms with Crippen LogP contribution in [0.2, 0.25) is 0 Å². The summed E-state index contributed by atoms with van der Waals surface area (Å²) in [5.41, 5.74) is 8.33. The molecule has 0 atom stereocenters. The number of aromatic amines is 2. The highest BCUT2D eigenvalue weighted by atomic mass is 35.7. The van der Waals surface area contributed by atoms with Gasteiger partial charge in [0.05, 0.1) is 31.9 Å². The first kappa shape index (κ1) is 42.1. The highest BCUT2D eigenvalue weighted by Gasteiger charge is 2.31. The molecule has 61 heavy (non-hydrogen) atoms. The number of fused-ring (bicyclic) bond motifs is 2. The van der Waals surface area contributed by atoms with Gasteiger partial charge in [0.1, 0.15) is 11.6 Å². The van der Waals surface area contributed by atoms with Gasteiger partial charge in [-0.3, -0.25) is 0 Å². The van der Waals surface area contributed by atoms with E-state index in [0.29, 0.717) is 23.9 Å². The van der Waals surface area contributed by atoms with E-state index in [9.17, 15) is 16.8 Å². The van der Waals surface area contributed by atoms with Gasteiger partial charge >= 0.3 is 0 Å². The van der Waals surface area contributed by atoms with Crippen LogP contribution in [-0.4, -0.2) is 67.3 Å². The number of nitrogens with zero attached hydrogens (tertiary/aromatic N) is 3. The van der Waals surface area contributed by atoms with Gasteiger partial charge in [0.2, 0.25) is 10.0 Å². The van der Waals surface area contributed by atoms with Crippen LogP contribution < -0.4 is 5.32 Å². The van der Waals surface area contributed by atoms with Crippen molar-refractivity contribution in [3.05, 3.63) is 169 Å². The number of para-hydroxylation sites is 4. The summed E-state index contributed by atoms with van der Waals surface area (Å²) in [5, 5.41) is 3.38. The fourth-order valence-corrected chi connectivity index (χ4v) is 10.1. The number of hydrogen-bond donors (Lipinski definition) is 3. The standard InChI is InChI=1S/C24H23N3O2S.C12H9ClO2S.C12H15N3/c28-30(29,21-12-10-19(11-13-21)18-6-2-1-3-7-18)27-16-14-20(15-17-27)24-25-22-8-4-5-9-23(22)26-24;13-16(14,15)12-8-6-11(7-9-12)10-4-2-1-3-5-10;1-2-4-11-10(3-1)14-12(15-11)9-5-7-13-8-6-9/h1-13,20H,14-17H2,(H,25,26);1-9H;1-4,9,13H,5-8H2,(H,14,15). The summed E-state index contributed by atoms with van der Waals surface area (Å²) < 4.78 is 49.9. The van der Waals surface area contributed by atoms with Gasteiger partial charge in [0, 0.05) is 35.6 Å². The summed E-state index contributed by atoms with van der Waals surface area (Å²) in [7, 11) is -1.89. The molecule has 0 amide bonds. The van der Waals surface area contributed by atoms with Crippen molar-refractivity contribution in [3.8, 4) is 22.3 Å². The molecule has 0 spiro atoms. The molecule has 2 saturated heterocycles. The van der Waals surface area contributed by atoms with Gasteiger partial charge in [0.25, 0.3) is 9.05 Å². The molecule has 2 fully saturated rings. The number of sulfonamides is 1. The maximum atomic E-state index is 13.1. The second kappa shape index (κ2) is 19.0. The van der Waals surface area contributed by atoms with E-state index < -0.39 is 19.1 Å². The predicted octanol–water partition coefficient (Wildman–Crippen LogP) is 10.1. The quantitative estimate of drug-likeness (QED) is 0.135. The topological polar surface area (TPSA) is 141 Å².